The SMILES string of the molecule is CC(C)CC(NC(=O)[C@H](CO)NC(=O)CCCCc1ccccc1)C(=O)C1(CO)CO1. The van der Waals surface area contributed by atoms with Crippen LogP contribution in [0.2, 0.25) is 0 Å². The van der Waals surface area contributed by atoms with Gasteiger partial charge in [-0.2, -0.15) is 0 Å². The quantitative estimate of drug-likeness (QED) is 0.253. The number of ether oxygens (including phenoxy) is 1. The summed E-state index contributed by atoms with van der Waals surface area (Å²) in [5, 5.41) is 24.2. The summed E-state index contributed by atoms with van der Waals surface area (Å²) < 4.78 is 5.12. The molecule has 8 nitrogen and oxygen atoms in total. The second-order valence-corrected chi connectivity index (χ2v) is 8.49. The lowest BCUT2D eigenvalue weighted by molar-refractivity contribution is -0.134. The van der Waals surface area contributed by atoms with E-state index in [1.807, 2.05) is 44.2 Å². The van der Waals surface area contributed by atoms with Crippen LogP contribution in [0.5, 0.6) is 0 Å². The molecule has 31 heavy (non-hydrogen) atoms. The van der Waals surface area contributed by atoms with Gasteiger partial charge in [-0.1, -0.05) is 44.2 Å². The Morgan fingerprint density at radius 3 is 2.29 bits per heavy atom. The first kappa shape index (κ1) is 25.0. The van der Waals surface area contributed by atoms with E-state index in [1.165, 1.54) is 5.56 Å². The van der Waals surface area contributed by atoms with Crippen molar-refractivity contribution < 1.29 is 29.3 Å². The molecule has 0 bridgehead atoms. The number of unbranched alkanes of at least 4 members (excludes halogenated alkanes) is 1. The summed E-state index contributed by atoms with van der Waals surface area (Å²) in [7, 11) is 0. The molecule has 2 amide bonds. The molecule has 1 aromatic carbocycles. The Bertz CT molecular complexity index is 733. The maximum atomic E-state index is 12.7. The maximum absolute atomic E-state index is 12.7. The van der Waals surface area contributed by atoms with E-state index in [4.69, 9.17) is 4.74 Å². The van der Waals surface area contributed by atoms with Crippen LogP contribution in [0.15, 0.2) is 30.3 Å². The van der Waals surface area contributed by atoms with Crippen molar-refractivity contribution in [2.45, 2.75) is 63.6 Å². The van der Waals surface area contributed by atoms with Crippen molar-refractivity contribution in [3.05, 3.63) is 35.9 Å². The highest BCUT2D eigenvalue weighted by molar-refractivity contribution is 5.98. The van der Waals surface area contributed by atoms with Gasteiger partial charge in [0.05, 0.1) is 25.9 Å². The van der Waals surface area contributed by atoms with Gasteiger partial charge in [-0.3, -0.25) is 14.4 Å². The predicted octanol–water partition coefficient (Wildman–Crippen LogP) is 0.738. The number of carbonyl (C=O) groups excluding carboxylic acids is 3. The number of hydrogen-bond donors (Lipinski definition) is 4. The number of hydrogen-bond acceptors (Lipinski definition) is 6. The summed E-state index contributed by atoms with van der Waals surface area (Å²) in [4.78, 5) is 37.5. The van der Waals surface area contributed by atoms with Crippen molar-refractivity contribution in [2.24, 2.45) is 5.92 Å². The van der Waals surface area contributed by atoms with E-state index in [2.05, 4.69) is 10.6 Å². The van der Waals surface area contributed by atoms with Gasteiger partial charge in [0.1, 0.15) is 6.04 Å². The summed E-state index contributed by atoms with van der Waals surface area (Å²) in [6, 6.07) is 7.97. The molecule has 0 aromatic heterocycles. The molecule has 1 aliphatic heterocycles. The smallest absolute Gasteiger partial charge is 0.245 e. The Morgan fingerprint density at radius 2 is 1.74 bits per heavy atom. The number of rotatable bonds is 14. The molecule has 4 N–H and O–H groups in total. The van der Waals surface area contributed by atoms with Crippen LogP contribution in [0.4, 0.5) is 0 Å². The number of carbonyl (C=O) groups is 3. The number of aryl methyl sites for hydroxylation is 1. The third-order valence-corrected chi connectivity index (χ3v) is 5.33. The van der Waals surface area contributed by atoms with E-state index in [0.29, 0.717) is 12.8 Å². The summed E-state index contributed by atoms with van der Waals surface area (Å²) >= 11 is 0. The average Bonchev–Trinajstić information content (AvgIpc) is 3.55. The molecule has 2 rings (SSSR count). The highest BCUT2D eigenvalue weighted by Crippen LogP contribution is 2.30. The van der Waals surface area contributed by atoms with E-state index in [9.17, 15) is 24.6 Å². The predicted molar refractivity (Wildman–Crippen MR) is 115 cm³/mol. The molecule has 1 heterocycles. The molecule has 0 radical (unpaired) electrons. The lowest BCUT2D eigenvalue weighted by Gasteiger charge is -2.24. The summed E-state index contributed by atoms with van der Waals surface area (Å²) in [5.41, 5.74) is -0.0412. The van der Waals surface area contributed by atoms with Crippen LogP contribution in [-0.4, -0.2) is 65.3 Å². The monoisotopic (exact) mass is 434 g/mol. The van der Waals surface area contributed by atoms with Crippen LogP contribution in [0.3, 0.4) is 0 Å². The maximum Gasteiger partial charge on any atom is 0.245 e. The van der Waals surface area contributed by atoms with E-state index in [1.54, 1.807) is 0 Å². The Labute approximate surface area is 183 Å². The van der Waals surface area contributed by atoms with Gasteiger partial charge >= 0.3 is 0 Å². The number of ketones is 1. The fraction of sp³-hybridized carbons (Fsp3) is 0.609. The number of Topliss-reactive ketones (excluding diaryl/α,β-unsaturated/α-hetero) is 1. The lowest BCUT2D eigenvalue weighted by Crippen LogP contribution is -2.55. The van der Waals surface area contributed by atoms with E-state index < -0.39 is 36.8 Å². The first-order valence-corrected chi connectivity index (χ1v) is 10.8. The van der Waals surface area contributed by atoms with Crippen molar-refractivity contribution >= 4 is 17.6 Å². The molecule has 3 atom stereocenters. The molecule has 1 aromatic rings. The average molecular weight is 435 g/mol. The molecular formula is C23H34N2O6. The van der Waals surface area contributed by atoms with Crippen LogP contribution < -0.4 is 10.6 Å². The number of amides is 2. The molecule has 1 saturated heterocycles. The van der Waals surface area contributed by atoms with Crippen LogP contribution >= 0.6 is 0 Å². The molecule has 0 saturated carbocycles. The Morgan fingerprint density at radius 1 is 1.06 bits per heavy atom. The van der Waals surface area contributed by atoms with Gasteiger partial charge < -0.3 is 25.6 Å². The summed E-state index contributed by atoms with van der Waals surface area (Å²) in [6.45, 7) is 2.92. The fourth-order valence-electron chi connectivity index (χ4n) is 3.41. The minimum absolute atomic E-state index is 0.107. The number of epoxide rings is 1. The second-order valence-electron chi connectivity index (χ2n) is 8.49. The first-order valence-electron chi connectivity index (χ1n) is 10.8. The van der Waals surface area contributed by atoms with Crippen molar-refractivity contribution in [3.8, 4) is 0 Å². The highest BCUT2D eigenvalue weighted by Gasteiger charge is 2.54. The molecule has 0 spiro atoms. The van der Waals surface area contributed by atoms with Crippen molar-refractivity contribution in [2.75, 3.05) is 19.8 Å². The first-order chi connectivity index (χ1) is 14.8. The van der Waals surface area contributed by atoms with Crippen LogP contribution in [0.1, 0.15) is 45.1 Å². The van der Waals surface area contributed by atoms with Crippen LogP contribution in [-0.2, 0) is 25.5 Å². The highest BCUT2D eigenvalue weighted by atomic mass is 16.6. The topological polar surface area (TPSA) is 128 Å². The van der Waals surface area contributed by atoms with Crippen molar-refractivity contribution in [1.82, 2.24) is 10.6 Å². The molecule has 0 aliphatic carbocycles. The van der Waals surface area contributed by atoms with E-state index >= 15 is 0 Å². The van der Waals surface area contributed by atoms with Gasteiger partial charge in [-0.05, 0) is 37.2 Å². The number of aliphatic hydroxyl groups is 2. The van der Waals surface area contributed by atoms with Crippen LogP contribution in [0, 0.1) is 5.92 Å². The van der Waals surface area contributed by atoms with E-state index in [-0.39, 0.29) is 30.6 Å². The van der Waals surface area contributed by atoms with Gasteiger partial charge in [0.25, 0.3) is 0 Å². The zero-order valence-electron chi connectivity index (χ0n) is 18.3. The molecule has 1 aliphatic rings. The Kier molecular flexibility index (Phi) is 9.61. The molecule has 2 unspecified atom stereocenters. The van der Waals surface area contributed by atoms with Gasteiger partial charge in [0.15, 0.2) is 11.4 Å². The largest absolute Gasteiger partial charge is 0.394 e. The van der Waals surface area contributed by atoms with Crippen LogP contribution in [0.25, 0.3) is 0 Å². The standard InChI is InChI=1S/C23H34N2O6/c1-16(2)12-18(21(29)23(14-27)15-31-23)25-22(30)19(13-26)24-20(28)11-7-6-10-17-8-4-3-5-9-17/h3-5,8-9,16,18-19,26-27H,6-7,10-15H2,1-2H3,(H,24,28)(H,25,30)/t18?,19-,23?/m0/s1. The molecule has 8 heteroatoms. The molecule has 1 fully saturated rings. The van der Waals surface area contributed by atoms with Crippen molar-refractivity contribution in [3.63, 3.8) is 0 Å². The zero-order valence-corrected chi connectivity index (χ0v) is 18.3. The zero-order chi connectivity index (χ0) is 22.9. The lowest BCUT2D eigenvalue weighted by atomic mass is 9.92. The summed E-state index contributed by atoms with van der Waals surface area (Å²) in [6.07, 6.45) is 2.96. The molecule has 172 valence electrons. The summed E-state index contributed by atoms with van der Waals surface area (Å²) in [5.74, 6) is -1.24. The second kappa shape index (κ2) is 11.9. The van der Waals surface area contributed by atoms with E-state index in [0.717, 1.165) is 12.8 Å². The number of benzene rings is 1. The number of nitrogens with one attached hydrogen (secondary N) is 2. The fourth-order valence-corrected chi connectivity index (χ4v) is 3.41. The third-order valence-electron chi connectivity index (χ3n) is 5.33. The van der Waals surface area contributed by atoms with Gasteiger partial charge in [-0.25, -0.2) is 0 Å². The Hall–Kier alpha value is -2.29. The third kappa shape index (κ3) is 7.72. The van der Waals surface area contributed by atoms with Gasteiger partial charge in [0, 0.05) is 6.42 Å². The number of aliphatic hydroxyl groups excluding tert-OH is 2. The van der Waals surface area contributed by atoms with Gasteiger partial charge in [-0.15, -0.1) is 0 Å². The normalized spacial score (nSPS) is 19.5. The minimum atomic E-state index is -1.25. The Balaban J connectivity index is 1.82. The van der Waals surface area contributed by atoms with Crippen molar-refractivity contribution in [1.29, 1.82) is 0 Å². The molecular weight excluding hydrogens is 400 g/mol. The van der Waals surface area contributed by atoms with Gasteiger partial charge in [0.2, 0.25) is 11.8 Å². The minimum Gasteiger partial charge on any atom is -0.394 e.